The van der Waals surface area contributed by atoms with Gasteiger partial charge in [-0.1, -0.05) is 13.8 Å². The molecule has 1 fully saturated rings. The van der Waals surface area contributed by atoms with E-state index in [9.17, 15) is 35.9 Å². The maximum Gasteiger partial charge on any atom is 0.416 e. The topological polar surface area (TPSA) is 78.0 Å². The summed E-state index contributed by atoms with van der Waals surface area (Å²) in [6.45, 7) is 9.23. The van der Waals surface area contributed by atoms with Gasteiger partial charge in [-0.05, 0) is 98.4 Å². The Hall–Kier alpha value is -3.77. The number of hydrogen-bond donors (Lipinski definition) is 0. The number of esters is 1. The van der Waals surface area contributed by atoms with Gasteiger partial charge in [0.2, 0.25) is 5.88 Å². The van der Waals surface area contributed by atoms with Crippen LogP contribution in [-0.2, 0) is 33.0 Å². The minimum absolute atomic E-state index is 0.0292. The molecule has 4 rings (SSSR count). The summed E-state index contributed by atoms with van der Waals surface area (Å²) >= 11 is 0. The van der Waals surface area contributed by atoms with Crippen LogP contribution in [0.3, 0.4) is 0 Å². The van der Waals surface area contributed by atoms with E-state index in [0.717, 1.165) is 23.1 Å². The highest BCUT2D eigenvalue weighted by Crippen LogP contribution is 2.46. The molecule has 2 aromatic rings. The van der Waals surface area contributed by atoms with E-state index in [1.165, 1.54) is 26.0 Å². The smallest absolute Gasteiger partial charge is 0.416 e. The molecule has 1 aliphatic carbocycles. The van der Waals surface area contributed by atoms with Crippen LogP contribution in [0.25, 0.3) is 5.57 Å². The Bertz CT molecular complexity index is 1500. The fraction of sp³-hybridized carbons (Fsp3) is 0.545. The Labute approximate surface area is 263 Å². The van der Waals surface area contributed by atoms with Crippen molar-refractivity contribution in [3.8, 4) is 5.88 Å². The van der Waals surface area contributed by atoms with Crippen molar-refractivity contribution < 1.29 is 50.1 Å². The molecule has 2 heterocycles. The molecule has 1 amide bonds. The summed E-state index contributed by atoms with van der Waals surface area (Å²) in [4.78, 5) is 31.4. The number of aromatic nitrogens is 1. The van der Waals surface area contributed by atoms with Crippen LogP contribution in [0, 0.1) is 10.8 Å². The van der Waals surface area contributed by atoms with Gasteiger partial charge in [-0.2, -0.15) is 26.3 Å². The first kappa shape index (κ1) is 35.1. The van der Waals surface area contributed by atoms with E-state index in [1.54, 1.807) is 20.0 Å². The van der Waals surface area contributed by atoms with Gasteiger partial charge in [-0.15, -0.1) is 0 Å². The van der Waals surface area contributed by atoms with Crippen molar-refractivity contribution >= 4 is 17.6 Å². The third-order valence-corrected chi connectivity index (χ3v) is 8.67. The molecule has 0 bridgehead atoms. The minimum atomic E-state index is -5.04. The number of ether oxygens (including phenoxy) is 3. The SMILES string of the molecule is COC(=O)C(C)(C)Cc1cnc(OC)c(C2=C(CN3C(=O)O[C@H](c4cc(C(F)(F)F)cc(C(F)(F)F)c4)[C@@H]3C)CC(C)(C)CC2)c1. The molecule has 0 radical (unpaired) electrons. The van der Waals surface area contributed by atoms with Crippen LogP contribution < -0.4 is 4.74 Å². The van der Waals surface area contributed by atoms with Gasteiger partial charge in [0.25, 0.3) is 0 Å². The molecule has 1 aliphatic heterocycles. The van der Waals surface area contributed by atoms with Crippen molar-refractivity contribution in [1.29, 1.82) is 0 Å². The highest BCUT2D eigenvalue weighted by Gasteiger charge is 2.44. The molecular formula is C33H38F6N2O5. The Kier molecular flexibility index (Phi) is 9.49. The summed E-state index contributed by atoms with van der Waals surface area (Å²) in [5, 5.41) is 0. The van der Waals surface area contributed by atoms with Crippen LogP contribution in [0.1, 0.15) is 87.8 Å². The normalized spacial score (nSPS) is 20.5. The van der Waals surface area contributed by atoms with Crippen LogP contribution in [0.5, 0.6) is 5.88 Å². The number of halogens is 6. The molecule has 1 aromatic heterocycles. The number of hydrogen-bond acceptors (Lipinski definition) is 6. The predicted molar refractivity (Wildman–Crippen MR) is 157 cm³/mol. The monoisotopic (exact) mass is 656 g/mol. The van der Waals surface area contributed by atoms with Gasteiger partial charge >= 0.3 is 24.4 Å². The maximum atomic E-state index is 13.6. The van der Waals surface area contributed by atoms with Crippen LogP contribution in [0.4, 0.5) is 31.1 Å². The van der Waals surface area contributed by atoms with Crippen LogP contribution >= 0.6 is 0 Å². The van der Waals surface area contributed by atoms with Gasteiger partial charge in [-0.25, -0.2) is 9.78 Å². The second-order valence-corrected chi connectivity index (χ2v) is 13.4. The Morgan fingerprint density at radius 1 is 1.04 bits per heavy atom. The number of amides is 1. The summed E-state index contributed by atoms with van der Waals surface area (Å²) in [7, 11) is 2.80. The Morgan fingerprint density at radius 3 is 2.20 bits per heavy atom. The molecular weight excluding hydrogens is 618 g/mol. The average Bonchev–Trinajstić information content (AvgIpc) is 3.23. The average molecular weight is 657 g/mol. The molecule has 7 nitrogen and oxygen atoms in total. The number of carbonyl (C=O) groups excluding carboxylic acids is 2. The zero-order valence-electron chi connectivity index (χ0n) is 26.8. The summed E-state index contributed by atoms with van der Waals surface area (Å²) in [6, 6.07) is 2.24. The maximum absolute atomic E-state index is 13.6. The van der Waals surface area contributed by atoms with Crippen molar-refractivity contribution in [2.45, 2.75) is 84.8 Å². The van der Waals surface area contributed by atoms with E-state index in [1.807, 2.05) is 6.07 Å². The fourth-order valence-corrected chi connectivity index (χ4v) is 6.23. The zero-order valence-corrected chi connectivity index (χ0v) is 26.8. The van der Waals surface area contributed by atoms with Crippen molar-refractivity contribution in [3.63, 3.8) is 0 Å². The summed E-state index contributed by atoms with van der Waals surface area (Å²) in [5.74, 6) is -0.0474. The van der Waals surface area contributed by atoms with Gasteiger partial charge in [0.15, 0.2) is 0 Å². The molecule has 252 valence electrons. The third-order valence-electron chi connectivity index (χ3n) is 8.67. The highest BCUT2D eigenvalue weighted by atomic mass is 19.4. The first-order valence-corrected chi connectivity index (χ1v) is 14.8. The predicted octanol–water partition coefficient (Wildman–Crippen LogP) is 8.42. The number of rotatable bonds is 8. The summed E-state index contributed by atoms with van der Waals surface area (Å²) < 4.78 is 97.4. The quantitative estimate of drug-likeness (QED) is 0.210. The van der Waals surface area contributed by atoms with Crippen LogP contribution in [-0.4, -0.2) is 48.8 Å². The van der Waals surface area contributed by atoms with Crippen LogP contribution in [0.15, 0.2) is 36.0 Å². The van der Waals surface area contributed by atoms with Gasteiger partial charge < -0.3 is 14.2 Å². The summed E-state index contributed by atoms with van der Waals surface area (Å²) in [5.41, 5.74) is -1.23. The zero-order chi connectivity index (χ0) is 34.4. The van der Waals surface area contributed by atoms with Gasteiger partial charge in [-0.3, -0.25) is 9.69 Å². The van der Waals surface area contributed by atoms with Gasteiger partial charge in [0.1, 0.15) is 6.10 Å². The van der Waals surface area contributed by atoms with E-state index in [2.05, 4.69) is 18.8 Å². The molecule has 46 heavy (non-hydrogen) atoms. The van der Waals surface area contributed by atoms with Gasteiger partial charge in [0.05, 0.1) is 36.8 Å². The van der Waals surface area contributed by atoms with E-state index in [-0.39, 0.29) is 24.0 Å². The third kappa shape index (κ3) is 7.44. The standard InChI is InChI=1S/C33H38F6N2O5/c1-18-26(20-11-22(32(34,35)36)13-23(12-20)33(37,38)39)46-29(43)41(18)17-21-15-30(2,3)9-8-24(21)25-10-19(16-40-27(25)44-6)14-31(4,5)28(42)45-7/h10-13,16,18,26H,8-9,14-15,17H2,1-7H3/t18-,26-/m0/s1. The molecule has 0 spiro atoms. The number of allylic oxidation sites excluding steroid dienone is 1. The largest absolute Gasteiger partial charge is 0.481 e. The number of alkyl halides is 6. The molecule has 2 atom stereocenters. The van der Waals surface area contributed by atoms with Crippen molar-refractivity contribution in [2.75, 3.05) is 20.8 Å². The summed E-state index contributed by atoms with van der Waals surface area (Å²) in [6.07, 6.45) is -8.42. The van der Waals surface area contributed by atoms with Crippen molar-refractivity contribution in [1.82, 2.24) is 9.88 Å². The number of pyridine rings is 1. The highest BCUT2D eigenvalue weighted by molar-refractivity contribution is 5.78. The second-order valence-electron chi connectivity index (χ2n) is 13.4. The Balaban J connectivity index is 1.74. The van der Waals surface area contributed by atoms with E-state index < -0.39 is 52.7 Å². The lowest BCUT2D eigenvalue weighted by atomic mass is 9.72. The molecule has 0 saturated carbocycles. The van der Waals surface area contributed by atoms with E-state index >= 15 is 0 Å². The number of nitrogens with zero attached hydrogens (tertiary/aromatic N) is 2. The molecule has 0 unspecified atom stereocenters. The minimum Gasteiger partial charge on any atom is -0.481 e. The lowest BCUT2D eigenvalue weighted by Gasteiger charge is -2.35. The van der Waals surface area contributed by atoms with E-state index in [4.69, 9.17) is 14.2 Å². The molecule has 13 heteroatoms. The first-order chi connectivity index (χ1) is 21.2. The molecule has 1 aromatic carbocycles. The lowest BCUT2D eigenvalue weighted by molar-refractivity contribution is -0.150. The molecule has 1 saturated heterocycles. The first-order valence-electron chi connectivity index (χ1n) is 14.8. The second kappa shape index (κ2) is 12.4. The number of benzene rings is 1. The Morgan fingerprint density at radius 2 is 1.65 bits per heavy atom. The number of methoxy groups -OCH3 is 2. The van der Waals surface area contributed by atoms with E-state index in [0.29, 0.717) is 42.8 Å². The fourth-order valence-electron chi connectivity index (χ4n) is 6.23. The number of carbonyl (C=O) groups is 2. The van der Waals surface area contributed by atoms with Crippen molar-refractivity contribution in [2.24, 2.45) is 10.8 Å². The molecule has 2 aliphatic rings. The molecule has 0 N–H and O–H groups in total. The van der Waals surface area contributed by atoms with Crippen LogP contribution in [0.2, 0.25) is 0 Å². The lowest BCUT2D eigenvalue weighted by Crippen LogP contribution is -2.35. The van der Waals surface area contributed by atoms with Crippen molar-refractivity contribution in [3.05, 3.63) is 63.9 Å². The van der Waals surface area contributed by atoms with Gasteiger partial charge in [0, 0.05) is 18.3 Å². The number of cyclic esters (lactones) is 1.